The van der Waals surface area contributed by atoms with Gasteiger partial charge in [-0.2, -0.15) is 5.26 Å². The number of amides is 1. The van der Waals surface area contributed by atoms with Gasteiger partial charge < -0.3 is 20.3 Å². The summed E-state index contributed by atoms with van der Waals surface area (Å²) in [7, 11) is 0. The van der Waals surface area contributed by atoms with E-state index in [9.17, 15) is 20.0 Å². The average molecular weight is 407 g/mol. The van der Waals surface area contributed by atoms with Crippen LogP contribution in [0.5, 0.6) is 17.2 Å². The Morgan fingerprint density at radius 1 is 1.10 bits per heavy atom. The van der Waals surface area contributed by atoms with Gasteiger partial charge in [0, 0.05) is 17.3 Å². The Kier molecular flexibility index (Phi) is 7.71. The highest BCUT2D eigenvalue weighted by atomic mass is 16.5. The molecule has 0 saturated carbocycles. The molecule has 1 heterocycles. The molecule has 1 amide bonds. The number of benzene rings is 2. The Morgan fingerprint density at radius 2 is 1.80 bits per heavy atom. The molecule has 8 nitrogen and oxygen atoms in total. The number of pyridine rings is 1. The van der Waals surface area contributed by atoms with E-state index in [2.05, 4.69) is 10.3 Å². The Morgan fingerprint density at radius 3 is 2.43 bits per heavy atom. The first-order valence-electron chi connectivity index (χ1n) is 9.29. The third kappa shape index (κ3) is 5.23. The monoisotopic (exact) mass is 407 g/mol. The molecule has 0 fully saturated rings. The quantitative estimate of drug-likeness (QED) is 0.565. The molecule has 0 saturated heterocycles. The predicted molar refractivity (Wildman–Crippen MR) is 111 cm³/mol. The number of rotatable bonds is 6. The average Bonchev–Trinajstić information content (AvgIpc) is 2.76. The Balaban J connectivity index is 0.00000155. The number of aromatic hydroxyl groups is 1. The molecule has 3 N–H and O–H groups in total. The lowest BCUT2D eigenvalue weighted by Gasteiger charge is -2.11. The van der Waals surface area contributed by atoms with Gasteiger partial charge in [-0.3, -0.25) is 9.59 Å². The normalized spacial score (nSPS) is 9.77. The van der Waals surface area contributed by atoms with Gasteiger partial charge in [0.15, 0.2) is 11.4 Å². The third-order valence-electron chi connectivity index (χ3n) is 3.87. The number of carbonyl (C=O) groups excluding carboxylic acids is 1. The molecular formula is C22H21N3O5. The Bertz CT molecular complexity index is 1090. The summed E-state index contributed by atoms with van der Waals surface area (Å²) < 4.78 is 5.73. The van der Waals surface area contributed by atoms with Crippen molar-refractivity contribution in [1.29, 1.82) is 5.26 Å². The first kappa shape index (κ1) is 22.2. The predicted octanol–water partition coefficient (Wildman–Crippen LogP) is 3.84. The summed E-state index contributed by atoms with van der Waals surface area (Å²) >= 11 is 0. The maximum Gasteiger partial charge on any atom is 0.305 e. The van der Waals surface area contributed by atoms with E-state index >= 15 is 0 Å². The van der Waals surface area contributed by atoms with E-state index in [1.54, 1.807) is 24.3 Å². The molecule has 3 aromatic rings. The summed E-state index contributed by atoms with van der Waals surface area (Å²) in [6.45, 7) is 3.87. The number of fused-ring (bicyclic) bond motifs is 1. The topological polar surface area (TPSA) is 133 Å². The van der Waals surface area contributed by atoms with Crippen molar-refractivity contribution >= 4 is 22.6 Å². The summed E-state index contributed by atoms with van der Waals surface area (Å²) in [6, 6.07) is 15.6. The van der Waals surface area contributed by atoms with E-state index in [-0.39, 0.29) is 29.7 Å². The summed E-state index contributed by atoms with van der Waals surface area (Å²) in [4.78, 5) is 26.7. The number of nitrogens with zero attached hydrogens (tertiary/aromatic N) is 2. The highest BCUT2D eigenvalue weighted by molar-refractivity contribution is 6.03. The van der Waals surface area contributed by atoms with Crippen molar-refractivity contribution in [2.75, 3.05) is 6.54 Å². The molecule has 0 atom stereocenters. The smallest absolute Gasteiger partial charge is 0.305 e. The number of aliphatic carboxylic acids is 1. The third-order valence-corrected chi connectivity index (χ3v) is 3.87. The molecule has 0 unspecified atom stereocenters. The van der Waals surface area contributed by atoms with Gasteiger partial charge in [0.2, 0.25) is 0 Å². The summed E-state index contributed by atoms with van der Waals surface area (Å²) in [5.41, 5.74) is -0.402. The van der Waals surface area contributed by atoms with Crippen molar-refractivity contribution in [3.8, 4) is 23.3 Å². The molecule has 3 rings (SSSR count). The number of nitrogens with one attached hydrogen (secondary N) is 1. The van der Waals surface area contributed by atoms with Crippen LogP contribution in [0.1, 0.15) is 36.5 Å². The summed E-state index contributed by atoms with van der Waals surface area (Å²) in [6.07, 6.45) is -0.272. The lowest BCUT2D eigenvalue weighted by atomic mass is 10.1. The van der Waals surface area contributed by atoms with Gasteiger partial charge in [-0.25, -0.2) is 4.98 Å². The van der Waals surface area contributed by atoms with Gasteiger partial charge in [0.25, 0.3) is 5.91 Å². The fraction of sp³-hybridized carbons (Fsp3) is 0.182. The SMILES string of the molecule is CC.N#Cc1nc(C(=O)NCCC(=O)O)c(O)c2ccc(Oc3ccccc3)cc12. The van der Waals surface area contributed by atoms with Gasteiger partial charge in [-0.1, -0.05) is 32.0 Å². The number of carbonyl (C=O) groups is 2. The van der Waals surface area contributed by atoms with Crippen LogP contribution in [0.3, 0.4) is 0 Å². The van der Waals surface area contributed by atoms with E-state index in [0.717, 1.165) is 0 Å². The van der Waals surface area contributed by atoms with E-state index < -0.39 is 17.6 Å². The standard InChI is InChI=1S/C20H15N3O5.C2H6/c21-11-16-15-10-13(28-12-4-2-1-3-5-12)6-7-14(15)19(26)18(23-16)20(27)22-9-8-17(24)25;1-2/h1-7,10,26H,8-9H2,(H,22,27)(H,24,25);1-2H3. The van der Waals surface area contributed by atoms with Gasteiger partial charge in [-0.05, 0) is 30.3 Å². The zero-order chi connectivity index (χ0) is 22.1. The minimum atomic E-state index is -1.07. The number of hydrogen-bond donors (Lipinski definition) is 3. The van der Waals surface area contributed by atoms with Crippen LogP contribution in [0, 0.1) is 11.3 Å². The summed E-state index contributed by atoms with van der Waals surface area (Å²) in [5, 5.41) is 31.4. The zero-order valence-electron chi connectivity index (χ0n) is 16.5. The number of ether oxygens (including phenoxy) is 1. The van der Waals surface area contributed by atoms with Gasteiger partial charge >= 0.3 is 5.97 Å². The minimum Gasteiger partial charge on any atom is -0.505 e. The van der Waals surface area contributed by atoms with Crippen molar-refractivity contribution in [3.63, 3.8) is 0 Å². The zero-order valence-corrected chi connectivity index (χ0v) is 16.5. The number of carboxylic acids is 1. The molecule has 154 valence electrons. The Labute approximate surface area is 173 Å². The van der Waals surface area contributed by atoms with Gasteiger partial charge in [-0.15, -0.1) is 0 Å². The van der Waals surface area contributed by atoms with E-state index in [1.165, 1.54) is 6.07 Å². The van der Waals surface area contributed by atoms with Crippen molar-refractivity contribution in [1.82, 2.24) is 10.3 Å². The van der Waals surface area contributed by atoms with Crippen LogP contribution in [-0.2, 0) is 4.79 Å². The first-order valence-corrected chi connectivity index (χ1v) is 9.29. The lowest BCUT2D eigenvalue weighted by molar-refractivity contribution is -0.136. The maximum atomic E-state index is 12.2. The fourth-order valence-electron chi connectivity index (χ4n) is 2.58. The molecule has 30 heavy (non-hydrogen) atoms. The van der Waals surface area contributed by atoms with Crippen LogP contribution in [0.2, 0.25) is 0 Å². The maximum absolute atomic E-state index is 12.2. The highest BCUT2D eigenvalue weighted by Gasteiger charge is 2.19. The minimum absolute atomic E-state index is 0.0605. The second-order valence-electron chi connectivity index (χ2n) is 5.79. The van der Waals surface area contributed by atoms with Crippen LogP contribution in [-0.4, -0.2) is 33.6 Å². The molecule has 0 bridgehead atoms. The molecule has 2 aromatic carbocycles. The number of hydrogen-bond acceptors (Lipinski definition) is 6. The molecule has 0 aliphatic rings. The van der Waals surface area contributed by atoms with Crippen molar-refractivity contribution in [3.05, 3.63) is 59.9 Å². The van der Waals surface area contributed by atoms with Crippen LogP contribution in [0.4, 0.5) is 0 Å². The number of nitriles is 1. The number of carboxylic acid groups (broad SMARTS) is 1. The molecule has 0 radical (unpaired) electrons. The van der Waals surface area contributed by atoms with Gasteiger partial charge in [0.1, 0.15) is 23.3 Å². The number of para-hydroxylation sites is 1. The molecule has 1 aromatic heterocycles. The van der Waals surface area contributed by atoms with Crippen molar-refractivity contribution in [2.24, 2.45) is 0 Å². The number of aromatic nitrogens is 1. The molecule has 0 aliphatic heterocycles. The van der Waals surface area contributed by atoms with E-state index in [1.807, 2.05) is 38.1 Å². The van der Waals surface area contributed by atoms with Crippen LogP contribution in [0.25, 0.3) is 10.8 Å². The van der Waals surface area contributed by atoms with Crippen molar-refractivity contribution in [2.45, 2.75) is 20.3 Å². The van der Waals surface area contributed by atoms with Crippen LogP contribution >= 0.6 is 0 Å². The summed E-state index contributed by atoms with van der Waals surface area (Å²) in [5.74, 6) is -1.18. The van der Waals surface area contributed by atoms with E-state index in [4.69, 9.17) is 9.84 Å². The first-order chi connectivity index (χ1) is 14.5. The Hall–Kier alpha value is -4.12. The van der Waals surface area contributed by atoms with Crippen molar-refractivity contribution < 1.29 is 24.5 Å². The van der Waals surface area contributed by atoms with E-state index in [0.29, 0.717) is 16.9 Å². The molecular weight excluding hydrogens is 386 g/mol. The van der Waals surface area contributed by atoms with Gasteiger partial charge in [0.05, 0.1) is 6.42 Å². The lowest BCUT2D eigenvalue weighted by Crippen LogP contribution is -2.27. The second kappa shape index (κ2) is 10.4. The van der Waals surface area contributed by atoms with Crippen LogP contribution < -0.4 is 10.1 Å². The largest absolute Gasteiger partial charge is 0.505 e. The molecule has 8 heteroatoms. The fourth-order valence-corrected chi connectivity index (χ4v) is 2.58. The molecule has 0 aliphatic carbocycles. The highest BCUT2D eigenvalue weighted by Crippen LogP contribution is 2.33. The second-order valence-corrected chi connectivity index (χ2v) is 5.79. The van der Waals surface area contributed by atoms with Crippen LogP contribution in [0.15, 0.2) is 48.5 Å². The molecule has 0 spiro atoms.